The Morgan fingerprint density at radius 2 is 1.89 bits per heavy atom. The van der Waals surface area contributed by atoms with Gasteiger partial charge in [-0.25, -0.2) is 4.39 Å². The Kier molecular flexibility index (Phi) is 2.90. The molecule has 0 spiro atoms. The number of nitrogens with zero attached hydrogens (tertiary/aromatic N) is 1. The quantitative estimate of drug-likeness (QED) is 0.875. The molecule has 0 aromatic heterocycles. The van der Waals surface area contributed by atoms with Crippen LogP contribution in [-0.4, -0.2) is 25.2 Å². The average Bonchev–Trinajstić information content (AvgIpc) is 2.61. The lowest BCUT2D eigenvalue weighted by Gasteiger charge is -2.39. The lowest BCUT2D eigenvalue weighted by Crippen LogP contribution is -2.47. The lowest BCUT2D eigenvalue weighted by molar-refractivity contribution is 0.404. The topological polar surface area (TPSA) is 38.5 Å². The summed E-state index contributed by atoms with van der Waals surface area (Å²) in [5.41, 5.74) is 6.99. The molecule has 3 nitrogen and oxygen atoms in total. The molecule has 4 heteroatoms. The molecule has 3 rings (SSSR count). The second-order valence-electron chi connectivity index (χ2n) is 5.37. The molecule has 2 aliphatic rings. The number of methoxy groups -OCH3 is 1. The fourth-order valence-electron chi connectivity index (χ4n) is 3.46. The fourth-order valence-corrected chi connectivity index (χ4v) is 3.46. The van der Waals surface area contributed by atoms with Crippen LogP contribution in [0.3, 0.4) is 0 Å². The molecule has 2 N–H and O–H groups in total. The molecule has 0 amide bonds. The van der Waals surface area contributed by atoms with Gasteiger partial charge in [0, 0.05) is 35.9 Å². The van der Waals surface area contributed by atoms with E-state index in [0.29, 0.717) is 23.9 Å². The van der Waals surface area contributed by atoms with Crippen LogP contribution < -0.4 is 15.4 Å². The van der Waals surface area contributed by atoms with Crippen LogP contribution in [0.15, 0.2) is 18.2 Å². The van der Waals surface area contributed by atoms with Gasteiger partial charge < -0.3 is 15.4 Å². The van der Waals surface area contributed by atoms with Crippen LogP contribution in [0, 0.1) is 5.82 Å². The third-order valence-corrected chi connectivity index (χ3v) is 4.16. The summed E-state index contributed by atoms with van der Waals surface area (Å²) < 4.78 is 18.7. The summed E-state index contributed by atoms with van der Waals surface area (Å²) >= 11 is 0. The molecule has 1 aromatic rings. The monoisotopic (exact) mass is 250 g/mol. The minimum Gasteiger partial charge on any atom is -0.497 e. The van der Waals surface area contributed by atoms with Gasteiger partial charge in [-0.3, -0.25) is 0 Å². The summed E-state index contributed by atoms with van der Waals surface area (Å²) in [5.74, 6) is 0.345. The number of benzene rings is 1. The zero-order valence-corrected chi connectivity index (χ0v) is 10.6. The van der Waals surface area contributed by atoms with E-state index in [2.05, 4.69) is 4.90 Å². The number of hydrogen-bond donors (Lipinski definition) is 1. The highest BCUT2D eigenvalue weighted by atomic mass is 19.1. The number of nitrogens with two attached hydrogens (primary N) is 1. The Hall–Kier alpha value is -1.29. The van der Waals surface area contributed by atoms with Crippen molar-refractivity contribution in [1.82, 2.24) is 0 Å². The smallest absolute Gasteiger partial charge is 0.128 e. The predicted octanol–water partition coefficient (Wildman–Crippen LogP) is 2.29. The van der Waals surface area contributed by atoms with Crippen molar-refractivity contribution in [2.24, 2.45) is 5.73 Å². The van der Waals surface area contributed by atoms with E-state index >= 15 is 0 Å². The van der Waals surface area contributed by atoms with Crippen molar-refractivity contribution in [2.45, 2.75) is 43.8 Å². The van der Waals surface area contributed by atoms with E-state index in [-0.39, 0.29) is 5.82 Å². The summed E-state index contributed by atoms with van der Waals surface area (Å²) in [5, 5.41) is 0. The molecule has 98 valence electrons. The maximum absolute atomic E-state index is 13.6. The first-order valence-corrected chi connectivity index (χ1v) is 6.56. The summed E-state index contributed by atoms with van der Waals surface area (Å²) in [6, 6.07) is 6.17. The third-order valence-electron chi connectivity index (χ3n) is 4.16. The van der Waals surface area contributed by atoms with Crippen LogP contribution in [0.2, 0.25) is 0 Å². The molecule has 0 aliphatic carbocycles. The molecular formula is C14H19FN2O. The highest BCUT2D eigenvalue weighted by Gasteiger charge is 2.39. The Balaban J connectivity index is 1.93. The number of halogens is 1. The zero-order chi connectivity index (χ0) is 12.7. The number of hydrogen-bond acceptors (Lipinski definition) is 3. The number of anilines is 1. The summed E-state index contributed by atoms with van der Waals surface area (Å²) in [6.45, 7) is 0. The van der Waals surface area contributed by atoms with E-state index in [1.807, 2.05) is 6.07 Å². The average molecular weight is 250 g/mol. The van der Waals surface area contributed by atoms with Crippen molar-refractivity contribution >= 4 is 5.69 Å². The van der Waals surface area contributed by atoms with Gasteiger partial charge in [0.05, 0.1) is 7.11 Å². The fraction of sp³-hybridized carbons (Fsp3) is 0.571. The Labute approximate surface area is 107 Å². The van der Waals surface area contributed by atoms with Gasteiger partial charge in [0.15, 0.2) is 0 Å². The first-order valence-electron chi connectivity index (χ1n) is 6.56. The van der Waals surface area contributed by atoms with Gasteiger partial charge in [-0.05, 0) is 31.7 Å². The van der Waals surface area contributed by atoms with Gasteiger partial charge in [-0.1, -0.05) is 0 Å². The molecule has 2 heterocycles. The van der Waals surface area contributed by atoms with Crippen LogP contribution in [0.25, 0.3) is 0 Å². The Morgan fingerprint density at radius 3 is 2.50 bits per heavy atom. The molecule has 0 saturated carbocycles. The molecule has 1 aromatic carbocycles. The number of ether oxygens (including phenoxy) is 1. The molecule has 2 saturated heterocycles. The van der Waals surface area contributed by atoms with Gasteiger partial charge in [0.1, 0.15) is 11.6 Å². The van der Waals surface area contributed by atoms with Gasteiger partial charge in [-0.2, -0.15) is 0 Å². The second-order valence-corrected chi connectivity index (χ2v) is 5.37. The van der Waals surface area contributed by atoms with Crippen molar-refractivity contribution < 1.29 is 9.13 Å². The lowest BCUT2D eigenvalue weighted by atomic mass is 9.97. The molecule has 2 aliphatic heterocycles. The van der Waals surface area contributed by atoms with E-state index < -0.39 is 0 Å². The molecule has 18 heavy (non-hydrogen) atoms. The van der Waals surface area contributed by atoms with E-state index in [9.17, 15) is 4.39 Å². The second kappa shape index (κ2) is 4.43. The van der Waals surface area contributed by atoms with Crippen molar-refractivity contribution in [3.05, 3.63) is 24.0 Å². The van der Waals surface area contributed by atoms with Gasteiger partial charge in [0.2, 0.25) is 0 Å². The van der Waals surface area contributed by atoms with E-state index in [4.69, 9.17) is 10.5 Å². The summed E-state index contributed by atoms with van der Waals surface area (Å²) in [7, 11) is 1.57. The maximum atomic E-state index is 13.6. The molecule has 0 radical (unpaired) electrons. The minimum absolute atomic E-state index is 0.237. The Morgan fingerprint density at radius 1 is 1.22 bits per heavy atom. The van der Waals surface area contributed by atoms with Crippen LogP contribution in [0.1, 0.15) is 25.7 Å². The standard InChI is InChI=1S/C14H19FN2O/c1-18-14-5-9(15)4-13(8-14)17-11-2-3-12(17)7-10(16)6-11/h4-5,8,10-12H,2-3,6-7,16H2,1H3. The largest absolute Gasteiger partial charge is 0.497 e. The Bertz CT molecular complexity index is 437. The first-order chi connectivity index (χ1) is 8.67. The summed E-state index contributed by atoms with van der Waals surface area (Å²) in [4.78, 5) is 2.34. The molecular weight excluding hydrogens is 231 g/mol. The van der Waals surface area contributed by atoms with E-state index in [1.54, 1.807) is 13.2 Å². The van der Waals surface area contributed by atoms with Crippen molar-refractivity contribution in [1.29, 1.82) is 0 Å². The number of piperidine rings is 1. The normalized spacial score (nSPS) is 30.6. The van der Waals surface area contributed by atoms with Gasteiger partial charge >= 0.3 is 0 Å². The molecule has 2 unspecified atom stereocenters. The van der Waals surface area contributed by atoms with Crippen LogP contribution >= 0.6 is 0 Å². The van der Waals surface area contributed by atoms with Crippen LogP contribution in [-0.2, 0) is 0 Å². The van der Waals surface area contributed by atoms with Crippen molar-refractivity contribution in [3.63, 3.8) is 0 Å². The van der Waals surface area contributed by atoms with Gasteiger partial charge in [0.25, 0.3) is 0 Å². The van der Waals surface area contributed by atoms with Gasteiger partial charge in [-0.15, -0.1) is 0 Å². The summed E-state index contributed by atoms with van der Waals surface area (Å²) in [6.07, 6.45) is 4.35. The first kappa shape index (κ1) is 11.8. The minimum atomic E-state index is -0.237. The maximum Gasteiger partial charge on any atom is 0.128 e. The highest BCUT2D eigenvalue weighted by Crippen LogP contribution is 2.40. The van der Waals surface area contributed by atoms with E-state index in [1.165, 1.54) is 6.07 Å². The number of rotatable bonds is 2. The van der Waals surface area contributed by atoms with Crippen LogP contribution in [0.5, 0.6) is 5.75 Å². The highest BCUT2D eigenvalue weighted by molar-refractivity contribution is 5.54. The third kappa shape index (κ3) is 1.94. The number of fused-ring (bicyclic) bond motifs is 2. The molecule has 2 bridgehead atoms. The molecule has 2 atom stereocenters. The van der Waals surface area contributed by atoms with Crippen molar-refractivity contribution in [3.8, 4) is 5.75 Å². The van der Waals surface area contributed by atoms with Crippen LogP contribution in [0.4, 0.5) is 10.1 Å². The van der Waals surface area contributed by atoms with E-state index in [0.717, 1.165) is 31.4 Å². The molecule has 2 fully saturated rings. The predicted molar refractivity (Wildman–Crippen MR) is 69.5 cm³/mol. The SMILES string of the molecule is COc1cc(F)cc(N2C3CCC2CC(N)C3)c1. The van der Waals surface area contributed by atoms with Crippen molar-refractivity contribution in [2.75, 3.05) is 12.0 Å². The zero-order valence-electron chi connectivity index (χ0n) is 10.6.